The zero-order valence-corrected chi connectivity index (χ0v) is 33.0. The molecule has 8 heteroatoms. The molecule has 0 radical (unpaired) electrons. The third kappa shape index (κ3) is 43.6. The lowest BCUT2D eigenvalue weighted by Crippen LogP contribution is -2.06. The molecule has 0 unspecified atom stereocenters. The molecule has 294 valence electrons. The van der Waals surface area contributed by atoms with E-state index < -0.39 is 11.9 Å². The second-order valence-electron chi connectivity index (χ2n) is 13.4. The number of rotatable bonds is 35. The Bertz CT molecular complexity index is 731. The zero-order valence-electron chi connectivity index (χ0n) is 33.0. The summed E-state index contributed by atoms with van der Waals surface area (Å²) in [5.74, 6) is -1.05. The SMILES string of the molecule is CCCCCCCCOC(=O)CCCCCCCCC(=O)OCCCCCCCC.CCCCCCOC(=O)/C=C/C(=O)OCCCCCC. The summed E-state index contributed by atoms with van der Waals surface area (Å²) < 4.78 is 20.5. The molecule has 8 nitrogen and oxygen atoms in total. The number of ether oxygens (including phenoxy) is 4. The Hall–Kier alpha value is -2.38. The summed E-state index contributed by atoms with van der Waals surface area (Å²) in [7, 11) is 0. The molecule has 0 saturated carbocycles. The number of carbonyl (C=O) groups is 4. The largest absolute Gasteiger partial charge is 0.466 e. The summed E-state index contributed by atoms with van der Waals surface area (Å²) in [6, 6.07) is 0. The Morgan fingerprint density at radius 1 is 0.320 bits per heavy atom. The maximum absolute atomic E-state index is 11.7. The second kappa shape index (κ2) is 42.8. The average molecular weight is 711 g/mol. The molecule has 0 spiro atoms. The standard InChI is InChI=1S/C26H50O4.C16H28O4/c1-3-5-7-9-15-19-23-29-25(27)21-17-13-11-12-14-18-22-26(28)30-24-20-16-10-8-6-4-2;1-3-5-7-9-13-19-15(17)11-12-16(18)20-14-10-8-6-4-2/h3-24H2,1-2H3;11-12H,3-10,13-14H2,1-2H3/b;12-11+. The van der Waals surface area contributed by atoms with Crippen molar-refractivity contribution in [2.45, 2.75) is 207 Å². The normalized spacial score (nSPS) is 10.8. The summed E-state index contributed by atoms with van der Waals surface area (Å²) >= 11 is 0. The van der Waals surface area contributed by atoms with Crippen molar-refractivity contribution in [3.05, 3.63) is 12.2 Å². The quantitative estimate of drug-likeness (QED) is 0.0277. The molecule has 0 fully saturated rings. The molecular formula is C42H78O8. The van der Waals surface area contributed by atoms with Crippen molar-refractivity contribution in [1.82, 2.24) is 0 Å². The first-order valence-electron chi connectivity index (χ1n) is 20.7. The summed E-state index contributed by atoms with van der Waals surface area (Å²) in [6.45, 7) is 10.7. The second-order valence-corrected chi connectivity index (χ2v) is 13.4. The molecule has 0 aromatic heterocycles. The van der Waals surface area contributed by atoms with Crippen LogP contribution in [0.4, 0.5) is 0 Å². The van der Waals surface area contributed by atoms with E-state index in [-0.39, 0.29) is 11.9 Å². The average Bonchev–Trinajstić information content (AvgIpc) is 3.11. The fourth-order valence-corrected chi connectivity index (χ4v) is 5.16. The summed E-state index contributed by atoms with van der Waals surface area (Å²) in [4.78, 5) is 45.9. The van der Waals surface area contributed by atoms with Crippen molar-refractivity contribution < 1.29 is 38.1 Å². The fraction of sp³-hybridized carbons (Fsp3) is 0.857. The highest BCUT2D eigenvalue weighted by Gasteiger charge is 2.05. The minimum Gasteiger partial charge on any atom is -0.466 e. The van der Waals surface area contributed by atoms with E-state index in [2.05, 4.69) is 27.7 Å². The summed E-state index contributed by atoms with van der Waals surface area (Å²) in [6.07, 6.45) is 32.6. The van der Waals surface area contributed by atoms with Gasteiger partial charge in [-0.25, -0.2) is 9.59 Å². The lowest BCUT2D eigenvalue weighted by molar-refractivity contribution is -0.144. The maximum atomic E-state index is 11.7. The van der Waals surface area contributed by atoms with Gasteiger partial charge in [-0.2, -0.15) is 0 Å². The van der Waals surface area contributed by atoms with Crippen LogP contribution in [-0.4, -0.2) is 50.3 Å². The van der Waals surface area contributed by atoms with Crippen LogP contribution in [0.1, 0.15) is 207 Å². The molecule has 0 aliphatic heterocycles. The van der Waals surface area contributed by atoms with Gasteiger partial charge in [0.05, 0.1) is 26.4 Å². The van der Waals surface area contributed by atoms with Crippen molar-refractivity contribution in [3.8, 4) is 0 Å². The van der Waals surface area contributed by atoms with Crippen LogP contribution in [0.5, 0.6) is 0 Å². The van der Waals surface area contributed by atoms with Gasteiger partial charge in [-0.15, -0.1) is 0 Å². The summed E-state index contributed by atoms with van der Waals surface area (Å²) in [5, 5.41) is 0. The van der Waals surface area contributed by atoms with Gasteiger partial charge in [-0.3, -0.25) is 9.59 Å². The number of hydrogen-bond donors (Lipinski definition) is 0. The van der Waals surface area contributed by atoms with Crippen molar-refractivity contribution >= 4 is 23.9 Å². The highest BCUT2D eigenvalue weighted by Crippen LogP contribution is 2.11. The van der Waals surface area contributed by atoms with Crippen LogP contribution in [0.25, 0.3) is 0 Å². The molecule has 0 heterocycles. The topological polar surface area (TPSA) is 105 Å². The van der Waals surface area contributed by atoms with Crippen molar-refractivity contribution in [2.75, 3.05) is 26.4 Å². The van der Waals surface area contributed by atoms with Gasteiger partial charge < -0.3 is 18.9 Å². The van der Waals surface area contributed by atoms with Crippen molar-refractivity contribution in [2.24, 2.45) is 0 Å². The van der Waals surface area contributed by atoms with Crippen LogP contribution < -0.4 is 0 Å². The first-order valence-corrected chi connectivity index (χ1v) is 20.7. The monoisotopic (exact) mass is 711 g/mol. The lowest BCUT2D eigenvalue weighted by Gasteiger charge is -2.06. The van der Waals surface area contributed by atoms with E-state index in [0.717, 1.165) is 115 Å². The molecule has 0 aliphatic rings. The van der Waals surface area contributed by atoms with Crippen LogP contribution in [0, 0.1) is 0 Å². The van der Waals surface area contributed by atoms with E-state index in [1.54, 1.807) is 0 Å². The molecule has 0 N–H and O–H groups in total. The Morgan fingerprint density at radius 3 is 0.880 bits per heavy atom. The van der Waals surface area contributed by atoms with Crippen LogP contribution in [0.3, 0.4) is 0 Å². The van der Waals surface area contributed by atoms with Crippen LogP contribution in [-0.2, 0) is 38.1 Å². The number of esters is 4. The minimum atomic E-state index is -0.482. The fourth-order valence-electron chi connectivity index (χ4n) is 5.16. The molecular weight excluding hydrogens is 632 g/mol. The number of carbonyl (C=O) groups excluding carboxylic acids is 4. The smallest absolute Gasteiger partial charge is 0.331 e. The van der Waals surface area contributed by atoms with E-state index >= 15 is 0 Å². The maximum Gasteiger partial charge on any atom is 0.331 e. The third-order valence-corrected chi connectivity index (χ3v) is 8.37. The number of unbranched alkanes of at least 4 members (excludes halogenated alkanes) is 21. The van der Waals surface area contributed by atoms with Gasteiger partial charge >= 0.3 is 23.9 Å². The Labute approximate surface area is 307 Å². The first-order chi connectivity index (χ1) is 24.4. The first kappa shape index (κ1) is 49.7. The molecule has 0 atom stereocenters. The molecule has 0 rings (SSSR count). The molecule has 0 aromatic carbocycles. The van der Waals surface area contributed by atoms with Crippen LogP contribution in [0.15, 0.2) is 12.2 Å². The highest BCUT2D eigenvalue weighted by molar-refractivity contribution is 5.91. The van der Waals surface area contributed by atoms with E-state index in [1.807, 2.05) is 0 Å². The lowest BCUT2D eigenvalue weighted by atomic mass is 10.1. The van der Waals surface area contributed by atoms with Crippen LogP contribution in [0.2, 0.25) is 0 Å². The molecule has 50 heavy (non-hydrogen) atoms. The van der Waals surface area contributed by atoms with Gasteiger partial charge in [-0.05, 0) is 38.5 Å². The predicted octanol–water partition coefficient (Wildman–Crippen LogP) is 11.7. The van der Waals surface area contributed by atoms with Gasteiger partial charge in [0.2, 0.25) is 0 Å². The van der Waals surface area contributed by atoms with Gasteiger partial charge in [0, 0.05) is 25.0 Å². The molecule has 0 aromatic rings. The predicted molar refractivity (Wildman–Crippen MR) is 205 cm³/mol. The van der Waals surface area contributed by atoms with E-state index in [1.165, 1.54) is 64.2 Å². The van der Waals surface area contributed by atoms with Crippen LogP contribution >= 0.6 is 0 Å². The zero-order chi connectivity index (χ0) is 37.2. The number of hydrogen-bond acceptors (Lipinski definition) is 8. The van der Waals surface area contributed by atoms with E-state index in [9.17, 15) is 19.2 Å². The van der Waals surface area contributed by atoms with Gasteiger partial charge in [0.25, 0.3) is 0 Å². The highest BCUT2D eigenvalue weighted by atomic mass is 16.5. The third-order valence-electron chi connectivity index (χ3n) is 8.37. The Morgan fingerprint density at radius 2 is 0.560 bits per heavy atom. The molecule has 0 amide bonds. The Balaban J connectivity index is 0. The van der Waals surface area contributed by atoms with Crippen molar-refractivity contribution in [1.29, 1.82) is 0 Å². The summed E-state index contributed by atoms with van der Waals surface area (Å²) in [5.41, 5.74) is 0. The molecule has 0 aliphatic carbocycles. The van der Waals surface area contributed by atoms with E-state index in [0.29, 0.717) is 39.3 Å². The van der Waals surface area contributed by atoms with Crippen molar-refractivity contribution in [3.63, 3.8) is 0 Å². The molecule has 0 bridgehead atoms. The Kier molecular flexibility index (Phi) is 42.6. The minimum absolute atomic E-state index is 0.0448. The van der Waals surface area contributed by atoms with Gasteiger partial charge in [0.15, 0.2) is 0 Å². The van der Waals surface area contributed by atoms with E-state index in [4.69, 9.17) is 18.9 Å². The van der Waals surface area contributed by atoms with Gasteiger partial charge in [-0.1, -0.05) is 156 Å². The van der Waals surface area contributed by atoms with Gasteiger partial charge in [0.1, 0.15) is 0 Å². The molecule has 0 saturated heterocycles.